The first kappa shape index (κ1) is 14.2. The number of rotatable bonds is 2. The molecule has 1 aliphatic heterocycles. The van der Waals surface area contributed by atoms with Crippen LogP contribution in [0.3, 0.4) is 0 Å². The van der Waals surface area contributed by atoms with Crippen LogP contribution < -0.4 is 10.1 Å². The summed E-state index contributed by atoms with van der Waals surface area (Å²) >= 11 is 0. The Kier molecular flexibility index (Phi) is 4.38. The van der Waals surface area contributed by atoms with Crippen molar-refractivity contribution < 1.29 is 9.15 Å². The Balaban J connectivity index is 0.00000133. The van der Waals surface area contributed by atoms with Crippen LogP contribution in [-0.4, -0.2) is 20.2 Å². The Labute approximate surface area is 119 Å². The summed E-state index contributed by atoms with van der Waals surface area (Å²) in [7, 11) is 1.72. The number of furan rings is 1. The summed E-state index contributed by atoms with van der Waals surface area (Å²) in [5.74, 6) is 2.10. The Morgan fingerprint density at radius 3 is 2.95 bits per heavy atom. The zero-order valence-corrected chi connectivity index (χ0v) is 12.1. The number of fused-ring (bicyclic) bond motifs is 1. The topological polar surface area (TPSA) is 34.4 Å². The van der Waals surface area contributed by atoms with Gasteiger partial charge in [0, 0.05) is 10.9 Å². The van der Waals surface area contributed by atoms with Crippen molar-refractivity contribution in [1.29, 1.82) is 0 Å². The number of piperidine rings is 1. The van der Waals surface area contributed by atoms with E-state index in [4.69, 9.17) is 9.15 Å². The fourth-order valence-corrected chi connectivity index (χ4v) is 2.95. The van der Waals surface area contributed by atoms with Crippen molar-refractivity contribution in [2.24, 2.45) is 5.92 Å². The van der Waals surface area contributed by atoms with Crippen LogP contribution in [0.2, 0.25) is 0 Å². The second-order valence-electron chi connectivity index (χ2n) is 5.13. The largest absolute Gasteiger partial charge is 0.497 e. The molecule has 104 valence electrons. The zero-order valence-electron chi connectivity index (χ0n) is 11.3. The van der Waals surface area contributed by atoms with Gasteiger partial charge in [0.2, 0.25) is 0 Å². The Hall–Kier alpha value is -1.19. The highest BCUT2D eigenvalue weighted by atomic mass is 35.5. The molecule has 1 N–H and O–H groups in total. The summed E-state index contributed by atoms with van der Waals surface area (Å²) in [6.45, 7) is 4.45. The summed E-state index contributed by atoms with van der Waals surface area (Å²) < 4.78 is 11.1. The maximum atomic E-state index is 5.67. The lowest BCUT2D eigenvalue weighted by molar-refractivity contribution is 0.347. The molecule has 1 aromatic carbocycles. The normalized spacial score (nSPS) is 23.1. The molecule has 0 saturated carbocycles. The zero-order chi connectivity index (χ0) is 12.5. The van der Waals surface area contributed by atoms with E-state index in [-0.39, 0.29) is 12.4 Å². The lowest BCUT2D eigenvalue weighted by atomic mass is 9.81. The van der Waals surface area contributed by atoms with E-state index in [1.165, 1.54) is 5.56 Å². The SMILES string of the molecule is COc1cc([C@@H]2CCNC[C@@H]2C)c2occc2c1.Cl. The third-order valence-electron chi connectivity index (χ3n) is 3.97. The molecular formula is C15H20ClNO2. The van der Waals surface area contributed by atoms with Gasteiger partial charge in [-0.2, -0.15) is 0 Å². The first-order valence-electron chi connectivity index (χ1n) is 6.55. The predicted octanol–water partition coefficient (Wildman–Crippen LogP) is 3.58. The molecule has 2 aromatic rings. The smallest absolute Gasteiger partial charge is 0.137 e. The van der Waals surface area contributed by atoms with Gasteiger partial charge < -0.3 is 14.5 Å². The summed E-state index contributed by atoms with van der Waals surface area (Å²) in [6, 6.07) is 6.18. The maximum absolute atomic E-state index is 5.67. The van der Waals surface area contributed by atoms with Crippen molar-refractivity contribution in [3.63, 3.8) is 0 Å². The van der Waals surface area contributed by atoms with Gasteiger partial charge in [-0.05, 0) is 49.5 Å². The van der Waals surface area contributed by atoms with Gasteiger partial charge in [-0.1, -0.05) is 6.92 Å². The second-order valence-corrected chi connectivity index (χ2v) is 5.13. The van der Waals surface area contributed by atoms with E-state index in [1.54, 1.807) is 13.4 Å². The van der Waals surface area contributed by atoms with Crippen molar-refractivity contribution in [3.8, 4) is 5.75 Å². The van der Waals surface area contributed by atoms with E-state index in [2.05, 4.69) is 18.3 Å². The van der Waals surface area contributed by atoms with Gasteiger partial charge >= 0.3 is 0 Å². The van der Waals surface area contributed by atoms with Crippen molar-refractivity contribution in [2.75, 3.05) is 20.2 Å². The van der Waals surface area contributed by atoms with E-state index < -0.39 is 0 Å². The Morgan fingerprint density at radius 2 is 2.21 bits per heavy atom. The van der Waals surface area contributed by atoms with E-state index in [0.717, 1.165) is 36.2 Å². The minimum Gasteiger partial charge on any atom is -0.497 e. The fraction of sp³-hybridized carbons (Fsp3) is 0.467. The highest BCUT2D eigenvalue weighted by Gasteiger charge is 2.26. The molecule has 4 heteroatoms. The van der Waals surface area contributed by atoms with Gasteiger partial charge in [0.05, 0.1) is 13.4 Å². The minimum absolute atomic E-state index is 0. The lowest BCUT2D eigenvalue weighted by Crippen LogP contribution is -2.33. The number of hydrogen-bond donors (Lipinski definition) is 1. The number of hydrogen-bond acceptors (Lipinski definition) is 3. The fourth-order valence-electron chi connectivity index (χ4n) is 2.95. The van der Waals surface area contributed by atoms with Crippen LogP contribution >= 0.6 is 12.4 Å². The lowest BCUT2D eigenvalue weighted by Gasteiger charge is -2.30. The third-order valence-corrected chi connectivity index (χ3v) is 3.97. The monoisotopic (exact) mass is 281 g/mol. The van der Waals surface area contributed by atoms with Gasteiger partial charge in [0.1, 0.15) is 11.3 Å². The van der Waals surface area contributed by atoms with Crippen molar-refractivity contribution in [1.82, 2.24) is 5.32 Å². The summed E-state index contributed by atoms with van der Waals surface area (Å²) in [5, 5.41) is 4.58. The van der Waals surface area contributed by atoms with Gasteiger partial charge in [-0.15, -0.1) is 12.4 Å². The molecule has 2 heterocycles. The van der Waals surface area contributed by atoms with Crippen LogP contribution in [-0.2, 0) is 0 Å². The molecule has 0 aliphatic carbocycles. The number of benzene rings is 1. The number of methoxy groups -OCH3 is 1. The summed E-state index contributed by atoms with van der Waals surface area (Å²) in [4.78, 5) is 0. The third kappa shape index (κ3) is 2.58. The molecule has 0 bridgehead atoms. The first-order valence-corrected chi connectivity index (χ1v) is 6.55. The van der Waals surface area contributed by atoms with E-state index in [9.17, 15) is 0 Å². The molecule has 3 rings (SSSR count). The molecule has 1 saturated heterocycles. The molecule has 0 amide bonds. The van der Waals surface area contributed by atoms with Crippen LogP contribution in [0.25, 0.3) is 11.0 Å². The van der Waals surface area contributed by atoms with Gasteiger partial charge in [0.25, 0.3) is 0 Å². The molecule has 0 radical (unpaired) electrons. The molecule has 3 nitrogen and oxygen atoms in total. The van der Waals surface area contributed by atoms with Crippen molar-refractivity contribution >= 4 is 23.4 Å². The van der Waals surface area contributed by atoms with Crippen molar-refractivity contribution in [2.45, 2.75) is 19.3 Å². The number of ether oxygens (including phenoxy) is 1. The molecule has 1 aromatic heterocycles. The molecule has 19 heavy (non-hydrogen) atoms. The summed E-state index contributed by atoms with van der Waals surface area (Å²) in [6.07, 6.45) is 2.92. The van der Waals surface area contributed by atoms with Crippen LogP contribution in [0.4, 0.5) is 0 Å². The number of halogens is 1. The van der Waals surface area contributed by atoms with E-state index in [0.29, 0.717) is 11.8 Å². The first-order chi connectivity index (χ1) is 8.79. The van der Waals surface area contributed by atoms with Crippen LogP contribution in [0.15, 0.2) is 28.9 Å². The molecule has 0 spiro atoms. The predicted molar refractivity (Wildman–Crippen MR) is 79.4 cm³/mol. The molecule has 1 fully saturated rings. The Morgan fingerprint density at radius 1 is 1.37 bits per heavy atom. The maximum Gasteiger partial charge on any atom is 0.137 e. The average Bonchev–Trinajstić information content (AvgIpc) is 2.86. The van der Waals surface area contributed by atoms with E-state index >= 15 is 0 Å². The van der Waals surface area contributed by atoms with Crippen LogP contribution in [0, 0.1) is 5.92 Å². The number of nitrogens with one attached hydrogen (secondary N) is 1. The minimum atomic E-state index is 0. The van der Waals surface area contributed by atoms with E-state index in [1.807, 2.05) is 12.1 Å². The molecular weight excluding hydrogens is 262 g/mol. The average molecular weight is 282 g/mol. The molecule has 0 unspecified atom stereocenters. The van der Waals surface area contributed by atoms with Gasteiger partial charge in [-0.3, -0.25) is 0 Å². The van der Waals surface area contributed by atoms with Gasteiger partial charge in [-0.25, -0.2) is 0 Å². The van der Waals surface area contributed by atoms with Crippen LogP contribution in [0.5, 0.6) is 5.75 Å². The van der Waals surface area contributed by atoms with Crippen molar-refractivity contribution in [3.05, 3.63) is 30.0 Å². The highest BCUT2D eigenvalue weighted by molar-refractivity contribution is 5.85. The second kappa shape index (κ2) is 5.85. The van der Waals surface area contributed by atoms with Crippen LogP contribution in [0.1, 0.15) is 24.8 Å². The van der Waals surface area contributed by atoms with Gasteiger partial charge in [0.15, 0.2) is 0 Å². The quantitative estimate of drug-likeness (QED) is 0.914. The molecule has 2 atom stereocenters. The highest BCUT2D eigenvalue weighted by Crippen LogP contribution is 2.37. The summed E-state index contributed by atoms with van der Waals surface area (Å²) in [5.41, 5.74) is 2.32. The Bertz CT molecular complexity index is 552. The standard InChI is InChI=1S/C15H19NO2.ClH/c1-10-9-16-5-3-13(10)14-8-12(17-2)7-11-4-6-18-15(11)14;/h4,6-8,10,13,16H,3,5,9H2,1-2H3;1H/t10-,13+;/m0./s1. The molecule has 1 aliphatic rings.